The van der Waals surface area contributed by atoms with Gasteiger partial charge in [-0.3, -0.25) is 4.79 Å². The highest BCUT2D eigenvalue weighted by Crippen LogP contribution is 2.06. The van der Waals surface area contributed by atoms with Crippen LogP contribution in [0.25, 0.3) is 0 Å². The third-order valence-corrected chi connectivity index (χ3v) is 2.11. The molecule has 2 N–H and O–H groups in total. The summed E-state index contributed by atoms with van der Waals surface area (Å²) >= 11 is 0. The molecule has 0 spiro atoms. The SMILES string of the molecule is CCN(C)CC(O)CC(C)C(=O)O. The Balaban J connectivity index is 3.73. The maximum atomic E-state index is 10.5. The van der Waals surface area contributed by atoms with Crippen molar-refractivity contribution >= 4 is 5.97 Å². The summed E-state index contributed by atoms with van der Waals surface area (Å²) in [7, 11) is 1.90. The molecule has 0 aromatic rings. The molecule has 0 aliphatic rings. The third kappa shape index (κ3) is 5.60. The first-order valence-corrected chi connectivity index (χ1v) is 4.56. The van der Waals surface area contributed by atoms with Crippen LogP contribution in [0.2, 0.25) is 0 Å². The van der Waals surface area contributed by atoms with Crippen molar-refractivity contribution in [1.29, 1.82) is 0 Å². The molecule has 0 heterocycles. The zero-order chi connectivity index (χ0) is 10.4. The summed E-state index contributed by atoms with van der Waals surface area (Å²) in [5, 5.41) is 18.1. The topological polar surface area (TPSA) is 60.8 Å². The van der Waals surface area contributed by atoms with Crippen molar-refractivity contribution in [3.05, 3.63) is 0 Å². The highest BCUT2D eigenvalue weighted by atomic mass is 16.4. The van der Waals surface area contributed by atoms with E-state index in [1.807, 2.05) is 18.9 Å². The average molecular weight is 189 g/mol. The molecule has 0 aromatic heterocycles. The van der Waals surface area contributed by atoms with E-state index in [0.29, 0.717) is 13.0 Å². The minimum atomic E-state index is -0.849. The van der Waals surface area contributed by atoms with E-state index in [-0.39, 0.29) is 0 Å². The monoisotopic (exact) mass is 189 g/mol. The van der Waals surface area contributed by atoms with Crippen LogP contribution in [-0.4, -0.2) is 47.3 Å². The largest absolute Gasteiger partial charge is 0.481 e. The minimum Gasteiger partial charge on any atom is -0.481 e. The number of aliphatic hydroxyl groups is 1. The fourth-order valence-corrected chi connectivity index (χ4v) is 1.07. The standard InChI is InChI=1S/C9H19NO3/c1-4-10(3)6-8(11)5-7(2)9(12)13/h7-8,11H,4-6H2,1-3H3,(H,12,13). The predicted molar refractivity (Wildman–Crippen MR) is 50.6 cm³/mol. The molecule has 2 atom stereocenters. The number of aliphatic carboxylic acids is 1. The fourth-order valence-electron chi connectivity index (χ4n) is 1.07. The van der Waals surface area contributed by atoms with Gasteiger partial charge in [-0.15, -0.1) is 0 Å². The van der Waals surface area contributed by atoms with Gasteiger partial charge in [0.1, 0.15) is 0 Å². The Morgan fingerprint density at radius 1 is 1.54 bits per heavy atom. The first-order chi connectivity index (χ1) is 5.97. The molecule has 0 saturated carbocycles. The Morgan fingerprint density at radius 2 is 2.08 bits per heavy atom. The molecular weight excluding hydrogens is 170 g/mol. The van der Waals surface area contributed by atoms with E-state index in [1.54, 1.807) is 6.92 Å². The summed E-state index contributed by atoms with van der Waals surface area (Å²) in [6.07, 6.45) is -0.226. The van der Waals surface area contributed by atoms with E-state index in [0.717, 1.165) is 6.54 Å². The Hall–Kier alpha value is -0.610. The first kappa shape index (κ1) is 12.4. The molecule has 0 aliphatic carbocycles. The lowest BCUT2D eigenvalue weighted by Gasteiger charge is -2.19. The molecule has 78 valence electrons. The number of likely N-dealkylation sites (N-methyl/N-ethyl adjacent to an activating group) is 1. The molecule has 0 saturated heterocycles. The molecule has 0 radical (unpaired) electrons. The lowest BCUT2D eigenvalue weighted by Crippen LogP contribution is -2.31. The Labute approximate surface area is 79.2 Å². The predicted octanol–water partition coefficient (Wildman–Crippen LogP) is 0.410. The summed E-state index contributed by atoms with van der Waals surface area (Å²) < 4.78 is 0. The van der Waals surface area contributed by atoms with Gasteiger partial charge >= 0.3 is 5.97 Å². The van der Waals surface area contributed by atoms with Crippen LogP contribution >= 0.6 is 0 Å². The zero-order valence-corrected chi connectivity index (χ0v) is 8.53. The molecule has 13 heavy (non-hydrogen) atoms. The summed E-state index contributed by atoms with van der Waals surface area (Å²) in [5.41, 5.74) is 0. The smallest absolute Gasteiger partial charge is 0.306 e. The van der Waals surface area contributed by atoms with Crippen LogP contribution < -0.4 is 0 Å². The highest BCUT2D eigenvalue weighted by molar-refractivity contribution is 5.69. The van der Waals surface area contributed by atoms with Gasteiger partial charge in [0, 0.05) is 6.54 Å². The van der Waals surface area contributed by atoms with Crippen LogP contribution in [0.15, 0.2) is 0 Å². The first-order valence-electron chi connectivity index (χ1n) is 4.56. The quantitative estimate of drug-likeness (QED) is 0.635. The molecule has 0 bridgehead atoms. The molecule has 0 aromatic carbocycles. The van der Waals surface area contributed by atoms with Gasteiger partial charge in [-0.25, -0.2) is 0 Å². The van der Waals surface area contributed by atoms with E-state index in [1.165, 1.54) is 0 Å². The van der Waals surface area contributed by atoms with Gasteiger partial charge in [0.05, 0.1) is 12.0 Å². The number of rotatable bonds is 6. The average Bonchev–Trinajstić information content (AvgIpc) is 2.03. The number of hydrogen-bond acceptors (Lipinski definition) is 3. The van der Waals surface area contributed by atoms with E-state index < -0.39 is 18.0 Å². The minimum absolute atomic E-state index is 0.319. The normalized spacial score (nSPS) is 15.8. The summed E-state index contributed by atoms with van der Waals surface area (Å²) in [6, 6.07) is 0. The maximum absolute atomic E-state index is 10.5. The number of nitrogens with zero attached hydrogens (tertiary/aromatic N) is 1. The second-order valence-corrected chi connectivity index (χ2v) is 3.48. The molecular formula is C9H19NO3. The summed E-state index contributed by atoms with van der Waals surface area (Å²) in [4.78, 5) is 12.4. The van der Waals surface area contributed by atoms with Crippen molar-refractivity contribution in [2.75, 3.05) is 20.1 Å². The molecule has 0 fully saturated rings. The van der Waals surface area contributed by atoms with E-state index in [9.17, 15) is 9.90 Å². The number of hydrogen-bond donors (Lipinski definition) is 2. The van der Waals surface area contributed by atoms with Crippen LogP contribution in [-0.2, 0) is 4.79 Å². The Kier molecular flexibility index (Phi) is 5.66. The van der Waals surface area contributed by atoms with Crippen LogP contribution in [0.1, 0.15) is 20.3 Å². The van der Waals surface area contributed by atoms with Crippen LogP contribution in [0.3, 0.4) is 0 Å². The molecule has 0 rings (SSSR count). The van der Waals surface area contributed by atoms with Gasteiger partial charge in [0.25, 0.3) is 0 Å². The molecule has 0 amide bonds. The van der Waals surface area contributed by atoms with Gasteiger partial charge in [-0.05, 0) is 20.0 Å². The van der Waals surface area contributed by atoms with Crippen LogP contribution in [0, 0.1) is 5.92 Å². The van der Waals surface area contributed by atoms with Crippen molar-refractivity contribution in [1.82, 2.24) is 4.90 Å². The molecule has 2 unspecified atom stereocenters. The van der Waals surface area contributed by atoms with Gasteiger partial charge in [-0.2, -0.15) is 0 Å². The molecule has 4 heteroatoms. The summed E-state index contributed by atoms with van der Waals surface area (Å²) in [6.45, 7) is 5.00. The Morgan fingerprint density at radius 3 is 2.46 bits per heavy atom. The lowest BCUT2D eigenvalue weighted by atomic mass is 10.0. The van der Waals surface area contributed by atoms with Crippen LogP contribution in [0.5, 0.6) is 0 Å². The second-order valence-electron chi connectivity index (χ2n) is 3.48. The van der Waals surface area contributed by atoms with Crippen molar-refractivity contribution in [2.45, 2.75) is 26.4 Å². The number of aliphatic hydroxyl groups excluding tert-OH is 1. The Bertz CT molecular complexity index is 161. The number of carboxylic acid groups (broad SMARTS) is 1. The van der Waals surface area contributed by atoms with E-state index >= 15 is 0 Å². The molecule has 0 aliphatic heterocycles. The van der Waals surface area contributed by atoms with Gasteiger partial charge in [0.2, 0.25) is 0 Å². The van der Waals surface area contributed by atoms with Gasteiger partial charge in [0.15, 0.2) is 0 Å². The number of carboxylic acids is 1. The third-order valence-electron chi connectivity index (χ3n) is 2.11. The van der Waals surface area contributed by atoms with Crippen molar-refractivity contribution in [2.24, 2.45) is 5.92 Å². The summed E-state index contributed by atoms with van der Waals surface area (Å²) in [5.74, 6) is -1.32. The zero-order valence-electron chi connectivity index (χ0n) is 8.53. The van der Waals surface area contributed by atoms with Crippen molar-refractivity contribution in [3.8, 4) is 0 Å². The van der Waals surface area contributed by atoms with Gasteiger partial charge in [-0.1, -0.05) is 13.8 Å². The van der Waals surface area contributed by atoms with E-state index in [2.05, 4.69) is 0 Å². The number of carbonyl (C=O) groups is 1. The highest BCUT2D eigenvalue weighted by Gasteiger charge is 2.16. The maximum Gasteiger partial charge on any atom is 0.306 e. The van der Waals surface area contributed by atoms with Crippen LogP contribution in [0.4, 0.5) is 0 Å². The van der Waals surface area contributed by atoms with Crippen molar-refractivity contribution in [3.63, 3.8) is 0 Å². The second kappa shape index (κ2) is 5.94. The van der Waals surface area contributed by atoms with Gasteiger partial charge < -0.3 is 15.1 Å². The van der Waals surface area contributed by atoms with E-state index in [4.69, 9.17) is 5.11 Å². The fraction of sp³-hybridized carbons (Fsp3) is 0.889. The lowest BCUT2D eigenvalue weighted by molar-refractivity contribution is -0.142. The molecule has 4 nitrogen and oxygen atoms in total. The van der Waals surface area contributed by atoms with Crippen molar-refractivity contribution < 1.29 is 15.0 Å².